The molecule has 0 aliphatic carbocycles. The molecule has 0 fully saturated rings. The third-order valence-electron chi connectivity index (χ3n) is 12.2. The summed E-state index contributed by atoms with van der Waals surface area (Å²) in [6.45, 7) is 7.74. The fourth-order valence-corrected chi connectivity index (χ4v) is 8.12. The summed E-state index contributed by atoms with van der Waals surface area (Å²) in [7, 11) is 0. The fourth-order valence-electron chi connectivity index (χ4n) is 8.12. The minimum atomic E-state index is -0.545. The molecule has 1 unspecified atom stereocenters. The van der Waals surface area contributed by atoms with E-state index in [2.05, 4.69) is 57.2 Å². The van der Waals surface area contributed by atoms with E-state index >= 15 is 0 Å². The number of ether oxygens (including phenoxy) is 3. The Kier molecular flexibility index (Phi) is 51.8. The summed E-state index contributed by atoms with van der Waals surface area (Å²) in [4.78, 5) is 25.4. The van der Waals surface area contributed by atoms with Gasteiger partial charge in [-0.05, 0) is 51.4 Å². The molecule has 0 heterocycles. The molecule has 0 N–H and O–H groups in total. The van der Waals surface area contributed by atoms with Crippen LogP contribution in [-0.4, -0.2) is 37.9 Å². The highest BCUT2D eigenvalue weighted by molar-refractivity contribution is 5.70. The van der Waals surface area contributed by atoms with Crippen LogP contribution in [0.5, 0.6) is 0 Å². The normalized spacial score (nSPS) is 12.4. The van der Waals surface area contributed by atoms with Gasteiger partial charge in [0.2, 0.25) is 0 Å². The molecule has 0 aromatic carbocycles. The van der Waals surface area contributed by atoms with E-state index in [1.165, 1.54) is 193 Å². The minimum Gasteiger partial charge on any atom is -0.462 e. The van der Waals surface area contributed by atoms with Crippen molar-refractivity contribution in [2.45, 2.75) is 297 Å². The van der Waals surface area contributed by atoms with Crippen LogP contribution in [0.1, 0.15) is 290 Å². The van der Waals surface area contributed by atoms with Crippen LogP contribution in [0.15, 0.2) is 36.5 Å². The molecule has 5 heteroatoms. The van der Waals surface area contributed by atoms with Gasteiger partial charge in [-0.15, -0.1) is 0 Å². The smallest absolute Gasteiger partial charge is 0.306 e. The molecule has 0 aromatic heterocycles. The lowest BCUT2D eigenvalue weighted by molar-refractivity contribution is -0.163. The molecule has 62 heavy (non-hydrogen) atoms. The molecule has 0 bridgehead atoms. The largest absolute Gasteiger partial charge is 0.462 e. The zero-order valence-corrected chi connectivity index (χ0v) is 41.9. The second-order valence-corrected chi connectivity index (χ2v) is 18.5. The van der Waals surface area contributed by atoms with E-state index in [1.807, 2.05) is 0 Å². The van der Waals surface area contributed by atoms with Gasteiger partial charge in [-0.25, -0.2) is 0 Å². The van der Waals surface area contributed by atoms with Crippen LogP contribution in [0, 0.1) is 0 Å². The van der Waals surface area contributed by atoms with E-state index in [0.29, 0.717) is 19.4 Å². The molecule has 0 saturated carbocycles. The summed E-state index contributed by atoms with van der Waals surface area (Å²) in [5.41, 5.74) is 0. The zero-order valence-electron chi connectivity index (χ0n) is 41.9. The molecule has 0 aliphatic heterocycles. The summed E-state index contributed by atoms with van der Waals surface area (Å²) in [5, 5.41) is 0. The lowest BCUT2D eigenvalue weighted by Gasteiger charge is -2.18. The quantitative estimate of drug-likeness (QED) is 0.0346. The van der Waals surface area contributed by atoms with Gasteiger partial charge < -0.3 is 14.2 Å². The molecule has 0 aromatic rings. The Morgan fingerprint density at radius 3 is 1.16 bits per heavy atom. The van der Waals surface area contributed by atoms with Gasteiger partial charge in [-0.3, -0.25) is 9.59 Å². The topological polar surface area (TPSA) is 61.8 Å². The van der Waals surface area contributed by atoms with Crippen molar-refractivity contribution in [2.24, 2.45) is 0 Å². The van der Waals surface area contributed by atoms with Gasteiger partial charge in [0, 0.05) is 19.4 Å². The number of allylic oxidation sites excluding steroid dienone is 6. The number of carbonyl (C=O) groups excluding carboxylic acids is 2. The van der Waals surface area contributed by atoms with Crippen molar-refractivity contribution < 1.29 is 23.8 Å². The first kappa shape index (κ1) is 60.1. The fraction of sp³-hybridized carbons (Fsp3) is 0.860. The van der Waals surface area contributed by atoms with Crippen LogP contribution >= 0.6 is 0 Å². The Balaban J connectivity index is 4.20. The van der Waals surface area contributed by atoms with E-state index in [-0.39, 0.29) is 25.2 Å². The monoisotopic (exact) mass is 871 g/mol. The summed E-state index contributed by atoms with van der Waals surface area (Å²) in [5.74, 6) is -0.412. The van der Waals surface area contributed by atoms with Crippen LogP contribution in [0.3, 0.4) is 0 Å². The summed E-state index contributed by atoms with van der Waals surface area (Å²) < 4.78 is 17.4. The lowest BCUT2D eigenvalue weighted by Crippen LogP contribution is -2.30. The molecular formula is C57H106O5. The van der Waals surface area contributed by atoms with Crippen LogP contribution in [0.25, 0.3) is 0 Å². The lowest BCUT2D eigenvalue weighted by atomic mass is 10.0. The SMILES string of the molecule is CC/C=C\C/C=C\C/C=C\CCCCCC(=O)OC(COCCCCCCCCCCCCCCCC)COC(=O)CCCCCCCCCCCCCCCCCCCCC. The van der Waals surface area contributed by atoms with Crippen molar-refractivity contribution in [2.75, 3.05) is 19.8 Å². The number of esters is 2. The predicted molar refractivity (Wildman–Crippen MR) is 270 cm³/mol. The van der Waals surface area contributed by atoms with Crippen LogP contribution in [0.2, 0.25) is 0 Å². The highest BCUT2D eigenvalue weighted by Gasteiger charge is 2.17. The highest BCUT2D eigenvalue weighted by Crippen LogP contribution is 2.16. The summed E-state index contributed by atoms with van der Waals surface area (Å²) in [6.07, 6.45) is 64.5. The van der Waals surface area contributed by atoms with Crippen molar-refractivity contribution in [3.8, 4) is 0 Å². The number of unbranched alkanes of at least 4 members (excludes halogenated alkanes) is 34. The Bertz CT molecular complexity index is 986. The van der Waals surface area contributed by atoms with Crippen molar-refractivity contribution in [1.82, 2.24) is 0 Å². The van der Waals surface area contributed by atoms with Gasteiger partial charge in [-0.2, -0.15) is 0 Å². The van der Waals surface area contributed by atoms with E-state index in [4.69, 9.17) is 14.2 Å². The Morgan fingerprint density at radius 2 is 0.726 bits per heavy atom. The third kappa shape index (κ3) is 50.8. The first-order valence-electron chi connectivity index (χ1n) is 27.5. The van der Waals surface area contributed by atoms with Crippen LogP contribution in [0.4, 0.5) is 0 Å². The van der Waals surface area contributed by atoms with Crippen molar-refractivity contribution >= 4 is 11.9 Å². The molecule has 0 saturated heterocycles. The molecule has 0 aliphatic rings. The average Bonchev–Trinajstić information content (AvgIpc) is 3.27. The zero-order chi connectivity index (χ0) is 44.9. The van der Waals surface area contributed by atoms with Gasteiger partial charge in [0.15, 0.2) is 6.10 Å². The van der Waals surface area contributed by atoms with Crippen LogP contribution in [-0.2, 0) is 23.8 Å². The van der Waals surface area contributed by atoms with E-state index in [1.54, 1.807) is 0 Å². The molecule has 364 valence electrons. The molecule has 1 atom stereocenters. The van der Waals surface area contributed by atoms with Crippen molar-refractivity contribution in [3.63, 3.8) is 0 Å². The molecular weight excluding hydrogens is 765 g/mol. The van der Waals surface area contributed by atoms with Crippen molar-refractivity contribution in [3.05, 3.63) is 36.5 Å². The maximum atomic E-state index is 12.8. The van der Waals surface area contributed by atoms with Gasteiger partial charge >= 0.3 is 11.9 Å². The maximum absolute atomic E-state index is 12.8. The predicted octanol–water partition coefficient (Wildman–Crippen LogP) is 18.6. The number of rotatable bonds is 51. The number of hydrogen-bond acceptors (Lipinski definition) is 5. The van der Waals surface area contributed by atoms with Gasteiger partial charge in [-0.1, -0.05) is 263 Å². The second-order valence-electron chi connectivity index (χ2n) is 18.5. The minimum absolute atomic E-state index is 0.0799. The first-order valence-corrected chi connectivity index (χ1v) is 27.5. The second kappa shape index (κ2) is 53.5. The highest BCUT2D eigenvalue weighted by atomic mass is 16.6. The standard InChI is InChI=1S/C57H106O5/c1-4-7-10-13-16-19-22-25-27-28-29-30-31-33-35-38-41-44-47-50-56(58)61-54-55(53-60-52-49-46-43-40-37-34-26-23-20-17-14-11-8-5-2)62-57(59)51-48-45-42-39-36-32-24-21-18-15-12-9-6-3/h9,12,18,21,32,36,55H,4-8,10-11,13-17,19-20,22-31,33-35,37-54H2,1-3H3/b12-9-,21-18-,36-32-. The molecule has 0 spiro atoms. The summed E-state index contributed by atoms with van der Waals surface area (Å²) >= 11 is 0. The van der Waals surface area contributed by atoms with Gasteiger partial charge in [0.25, 0.3) is 0 Å². The molecule has 5 nitrogen and oxygen atoms in total. The summed E-state index contributed by atoms with van der Waals surface area (Å²) in [6, 6.07) is 0. The van der Waals surface area contributed by atoms with E-state index in [0.717, 1.165) is 64.2 Å². The number of hydrogen-bond donors (Lipinski definition) is 0. The van der Waals surface area contributed by atoms with Gasteiger partial charge in [0.1, 0.15) is 6.61 Å². The van der Waals surface area contributed by atoms with E-state index in [9.17, 15) is 9.59 Å². The van der Waals surface area contributed by atoms with Crippen molar-refractivity contribution in [1.29, 1.82) is 0 Å². The Labute approximate surface area is 387 Å². The first-order chi connectivity index (χ1) is 30.6. The Hall–Kier alpha value is -1.88. The maximum Gasteiger partial charge on any atom is 0.306 e. The van der Waals surface area contributed by atoms with Gasteiger partial charge in [0.05, 0.1) is 6.61 Å². The Morgan fingerprint density at radius 1 is 0.371 bits per heavy atom. The molecule has 0 amide bonds. The third-order valence-corrected chi connectivity index (χ3v) is 12.2. The molecule has 0 radical (unpaired) electrons. The average molecular weight is 871 g/mol. The van der Waals surface area contributed by atoms with E-state index < -0.39 is 6.10 Å². The molecule has 0 rings (SSSR count). The van der Waals surface area contributed by atoms with Crippen LogP contribution < -0.4 is 0 Å². The number of carbonyl (C=O) groups is 2.